The molecule has 5 heteroatoms. The molecule has 0 spiro atoms. The highest BCUT2D eigenvalue weighted by molar-refractivity contribution is 7.07. The Morgan fingerprint density at radius 1 is 1.38 bits per heavy atom. The third-order valence-electron chi connectivity index (χ3n) is 2.13. The van der Waals surface area contributed by atoms with E-state index in [0.717, 1.165) is 20.9 Å². The molecule has 1 aromatic heterocycles. The summed E-state index contributed by atoms with van der Waals surface area (Å²) in [5.74, 6) is 0. The number of benzene rings is 1. The minimum atomic E-state index is 0.423. The molecule has 2 aromatic rings. The van der Waals surface area contributed by atoms with E-state index in [1.54, 1.807) is 6.92 Å². The standard InChI is InChI=1S/C11H11N3OS/c1-2-14(15)8-10-11(12-13-16-10)9-6-4-3-5-7-9/h3-8H,2H2,1H3/b14-8-. The van der Waals surface area contributed by atoms with Gasteiger partial charge in [0.1, 0.15) is 10.6 Å². The summed E-state index contributed by atoms with van der Waals surface area (Å²) < 4.78 is 4.76. The molecule has 0 bridgehead atoms. The van der Waals surface area contributed by atoms with Crippen LogP contribution in [-0.2, 0) is 0 Å². The fraction of sp³-hybridized carbons (Fsp3) is 0.182. The van der Waals surface area contributed by atoms with E-state index in [9.17, 15) is 5.21 Å². The summed E-state index contributed by atoms with van der Waals surface area (Å²) >= 11 is 1.23. The van der Waals surface area contributed by atoms with E-state index in [1.165, 1.54) is 17.7 Å². The first-order valence-electron chi connectivity index (χ1n) is 4.97. The third kappa shape index (κ3) is 2.25. The number of rotatable bonds is 3. The van der Waals surface area contributed by atoms with E-state index in [-0.39, 0.29) is 0 Å². The van der Waals surface area contributed by atoms with Crippen molar-refractivity contribution in [3.05, 3.63) is 40.4 Å². The Hall–Kier alpha value is -1.75. The Labute approximate surface area is 97.6 Å². The summed E-state index contributed by atoms with van der Waals surface area (Å²) in [6.07, 6.45) is 1.53. The number of hydroxylamine groups is 1. The van der Waals surface area contributed by atoms with E-state index < -0.39 is 0 Å². The van der Waals surface area contributed by atoms with E-state index in [4.69, 9.17) is 0 Å². The SMILES string of the molecule is CC/[N+]([O-])=C/c1snnc1-c1ccccc1. The van der Waals surface area contributed by atoms with E-state index in [2.05, 4.69) is 9.59 Å². The Morgan fingerprint density at radius 2 is 2.12 bits per heavy atom. The van der Waals surface area contributed by atoms with Crippen LogP contribution in [0.2, 0.25) is 0 Å². The van der Waals surface area contributed by atoms with Gasteiger partial charge in [0.2, 0.25) is 0 Å². The molecule has 0 radical (unpaired) electrons. The first-order valence-corrected chi connectivity index (χ1v) is 5.75. The van der Waals surface area contributed by atoms with Gasteiger partial charge in [0, 0.05) is 5.56 Å². The number of hydrogen-bond donors (Lipinski definition) is 0. The van der Waals surface area contributed by atoms with Crippen molar-refractivity contribution in [2.24, 2.45) is 0 Å². The largest absolute Gasteiger partial charge is 0.624 e. The lowest BCUT2D eigenvalue weighted by Crippen LogP contribution is -2.03. The number of nitrogens with zero attached hydrogens (tertiary/aromatic N) is 3. The van der Waals surface area contributed by atoms with Crippen LogP contribution < -0.4 is 0 Å². The van der Waals surface area contributed by atoms with Crippen LogP contribution in [0.3, 0.4) is 0 Å². The maximum absolute atomic E-state index is 11.3. The first-order chi connectivity index (χ1) is 7.81. The fourth-order valence-electron chi connectivity index (χ4n) is 1.30. The topological polar surface area (TPSA) is 51.9 Å². The van der Waals surface area contributed by atoms with E-state index in [0.29, 0.717) is 6.54 Å². The zero-order valence-corrected chi connectivity index (χ0v) is 9.65. The maximum Gasteiger partial charge on any atom is 0.195 e. The molecule has 82 valence electrons. The first kappa shape index (κ1) is 10.8. The third-order valence-corrected chi connectivity index (χ3v) is 2.79. The second-order valence-electron chi connectivity index (χ2n) is 3.21. The van der Waals surface area contributed by atoms with Crippen molar-refractivity contribution in [2.45, 2.75) is 6.92 Å². The van der Waals surface area contributed by atoms with E-state index in [1.807, 2.05) is 30.3 Å². The second kappa shape index (κ2) is 4.85. The van der Waals surface area contributed by atoms with Gasteiger partial charge in [0.05, 0.1) is 0 Å². The van der Waals surface area contributed by atoms with Crippen LogP contribution in [0.4, 0.5) is 0 Å². The molecular formula is C11H11N3OS. The second-order valence-corrected chi connectivity index (χ2v) is 4.00. The Balaban J connectivity index is 2.41. The molecule has 0 saturated heterocycles. The summed E-state index contributed by atoms with van der Waals surface area (Å²) in [7, 11) is 0. The zero-order chi connectivity index (χ0) is 11.4. The van der Waals surface area contributed by atoms with Gasteiger partial charge in [-0.05, 0) is 18.5 Å². The smallest absolute Gasteiger partial charge is 0.195 e. The van der Waals surface area contributed by atoms with E-state index >= 15 is 0 Å². The lowest BCUT2D eigenvalue weighted by atomic mass is 10.1. The van der Waals surface area contributed by atoms with Gasteiger partial charge < -0.3 is 5.21 Å². The van der Waals surface area contributed by atoms with Gasteiger partial charge in [-0.1, -0.05) is 34.8 Å². The van der Waals surface area contributed by atoms with Crippen LogP contribution >= 0.6 is 11.5 Å². The van der Waals surface area contributed by atoms with Crippen LogP contribution in [0.15, 0.2) is 30.3 Å². The van der Waals surface area contributed by atoms with Gasteiger partial charge in [-0.2, -0.15) is 0 Å². The molecule has 0 aliphatic heterocycles. The van der Waals surface area contributed by atoms with Gasteiger partial charge in [0.25, 0.3) is 0 Å². The number of hydrogen-bond acceptors (Lipinski definition) is 4. The van der Waals surface area contributed by atoms with Crippen molar-refractivity contribution in [3.63, 3.8) is 0 Å². The molecule has 0 atom stereocenters. The van der Waals surface area contributed by atoms with Gasteiger partial charge in [-0.25, -0.2) is 4.74 Å². The predicted octanol–water partition coefficient (Wildman–Crippen LogP) is 2.15. The molecule has 2 rings (SSSR count). The molecule has 0 aliphatic rings. The van der Waals surface area contributed by atoms with Crippen LogP contribution in [-0.4, -0.2) is 27.1 Å². The molecular weight excluding hydrogens is 222 g/mol. The normalized spacial score (nSPS) is 11.7. The molecule has 0 fully saturated rings. The monoisotopic (exact) mass is 233 g/mol. The van der Waals surface area contributed by atoms with Crippen molar-refractivity contribution >= 4 is 17.7 Å². The average Bonchev–Trinajstić information content (AvgIpc) is 2.78. The van der Waals surface area contributed by atoms with Gasteiger partial charge in [0.15, 0.2) is 12.8 Å². The fourth-order valence-corrected chi connectivity index (χ4v) is 1.92. The minimum Gasteiger partial charge on any atom is -0.624 e. The van der Waals surface area contributed by atoms with Crippen LogP contribution in [0.25, 0.3) is 11.3 Å². The lowest BCUT2D eigenvalue weighted by molar-refractivity contribution is -0.447. The van der Waals surface area contributed by atoms with Gasteiger partial charge >= 0.3 is 0 Å². The molecule has 0 N–H and O–H groups in total. The predicted molar refractivity (Wildman–Crippen MR) is 64.7 cm³/mol. The Morgan fingerprint density at radius 3 is 2.81 bits per heavy atom. The lowest BCUT2D eigenvalue weighted by Gasteiger charge is -1.99. The summed E-state index contributed by atoms with van der Waals surface area (Å²) in [6.45, 7) is 2.23. The van der Waals surface area contributed by atoms with Crippen molar-refractivity contribution in [1.29, 1.82) is 0 Å². The average molecular weight is 233 g/mol. The van der Waals surface area contributed by atoms with Crippen molar-refractivity contribution in [1.82, 2.24) is 9.59 Å². The summed E-state index contributed by atoms with van der Waals surface area (Å²) in [5.41, 5.74) is 1.74. The molecule has 0 amide bonds. The van der Waals surface area contributed by atoms with Gasteiger partial charge in [-0.15, -0.1) is 5.10 Å². The Kier molecular flexibility index (Phi) is 3.26. The maximum atomic E-state index is 11.3. The van der Waals surface area contributed by atoms with Crippen LogP contribution in [0.5, 0.6) is 0 Å². The summed E-state index contributed by atoms with van der Waals surface area (Å²) in [4.78, 5) is 0.794. The molecule has 0 saturated carbocycles. The molecule has 0 unspecified atom stereocenters. The minimum absolute atomic E-state index is 0.423. The molecule has 1 aromatic carbocycles. The van der Waals surface area contributed by atoms with Gasteiger partial charge in [-0.3, -0.25) is 0 Å². The highest BCUT2D eigenvalue weighted by Crippen LogP contribution is 2.21. The zero-order valence-electron chi connectivity index (χ0n) is 8.83. The Bertz CT molecular complexity index is 493. The molecule has 4 nitrogen and oxygen atoms in total. The highest BCUT2D eigenvalue weighted by Gasteiger charge is 2.10. The van der Waals surface area contributed by atoms with Crippen LogP contribution in [0, 0.1) is 5.21 Å². The molecule has 16 heavy (non-hydrogen) atoms. The summed E-state index contributed by atoms with van der Waals surface area (Å²) in [6, 6.07) is 9.73. The molecule has 1 heterocycles. The highest BCUT2D eigenvalue weighted by atomic mass is 32.1. The number of aromatic nitrogens is 2. The molecule has 0 aliphatic carbocycles. The van der Waals surface area contributed by atoms with Crippen molar-refractivity contribution in [3.8, 4) is 11.3 Å². The van der Waals surface area contributed by atoms with Crippen molar-refractivity contribution in [2.75, 3.05) is 6.54 Å². The van der Waals surface area contributed by atoms with Crippen molar-refractivity contribution < 1.29 is 4.74 Å². The van der Waals surface area contributed by atoms with Crippen LogP contribution in [0.1, 0.15) is 11.8 Å². The summed E-state index contributed by atoms with van der Waals surface area (Å²) in [5, 5.41) is 15.3. The quantitative estimate of drug-likeness (QED) is 0.353.